The number of aromatic nitrogens is 2. The Morgan fingerprint density at radius 2 is 2.07 bits per heavy atom. The van der Waals surface area contributed by atoms with Crippen LogP contribution in [0.3, 0.4) is 0 Å². The molecule has 0 N–H and O–H groups in total. The van der Waals surface area contributed by atoms with Crippen molar-refractivity contribution in [1.29, 1.82) is 0 Å². The maximum absolute atomic E-state index is 4.68. The van der Waals surface area contributed by atoms with Gasteiger partial charge in [-0.3, -0.25) is 4.68 Å². The van der Waals surface area contributed by atoms with E-state index in [9.17, 15) is 0 Å². The lowest BCUT2D eigenvalue weighted by molar-refractivity contribution is 0.393. The maximum Gasteiger partial charge on any atom is 0.0659 e. The van der Waals surface area contributed by atoms with Gasteiger partial charge in [-0.15, -0.1) is 0 Å². The smallest absolute Gasteiger partial charge is 0.0659 e. The first kappa shape index (κ1) is 10.7. The summed E-state index contributed by atoms with van der Waals surface area (Å²) in [6, 6.07) is 0. The summed E-state index contributed by atoms with van der Waals surface area (Å²) in [5, 5.41) is 4.68. The molecule has 1 aromatic heterocycles. The minimum Gasteiger partial charge on any atom is -0.272 e. The highest BCUT2D eigenvalue weighted by atomic mass is 15.3. The summed E-state index contributed by atoms with van der Waals surface area (Å²) in [4.78, 5) is 0. The standard InChI is InChI=1S/C13H22N2/c1-9(2)7-15-8-12-5-11(10(3)4)6-13(12)14-15/h8-11H,5-7H2,1-4H3. The van der Waals surface area contributed by atoms with E-state index in [1.807, 2.05) is 0 Å². The van der Waals surface area contributed by atoms with E-state index in [2.05, 4.69) is 43.7 Å². The quantitative estimate of drug-likeness (QED) is 0.743. The van der Waals surface area contributed by atoms with Crippen LogP contribution in [0.2, 0.25) is 0 Å². The minimum absolute atomic E-state index is 0.686. The molecule has 0 saturated carbocycles. The van der Waals surface area contributed by atoms with Crippen LogP contribution in [0.25, 0.3) is 0 Å². The Kier molecular flexibility index (Phi) is 2.85. The van der Waals surface area contributed by atoms with E-state index < -0.39 is 0 Å². The Bertz CT molecular complexity index is 313. The van der Waals surface area contributed by atoms with Crippen LogP contribution in [0.4, 0.5) is 0 Å². The SMILES string of the molecule is CC(C)Cn1cc2c(n1)CC(C(C)C)C2. The zero-order valence-electron chi connectivity index (χ0n) is 10.3. The van der Waals surface area contributed by atoms with Gasteiger partial charge in [0, 0.05) is 12.7 Å². The van der Waals surface area contributed by atoms with Crippen molar-refractivity contribution < 1.29 is 0 Å². The van der Waals surface area contributed by atoms with Crippen molar-refractivity contribution >= 4 is 0 Å². The Morgan fingerprint density at radius 1 is 1.33 bits per heavy atom. The summed E-state index contributed by atoms with van der Waals surface area (Å²) in [6.45, 7) is 10.2. The van der Waals surface area contributed by atoms with Gasteiger partial charge in [0.15, 0.2) is 0 Å². The molecule has 0 bridgehead atoms. The van der Waals surface area contributed by atoms with E-state index in [1.54, 1.807) is 0 Å². The highest BCUT2D eigenvalue weighted by Crippen LogP contribution is 2.30. The molecule has 2 rings (SSSR count). The zero-order chi connectivity index (χ0) is 11.0. The Hall–Kier alpha value is -0.790. The summed E-state index contributed by atoms with van der Waals surface area (Å²) in [5.74, 6) is 2.31. The van der Waals surface area contributed by atoms with Gasteiger partial charge in [0.25, 0.3) is 0 Å². The third-order valence-corrected chi connectivity index (χ3v) is 3.36. The third kappa shape index (κ3) is 2.24. The largest absolute Gasteiger partial charge is 0.272 e. The van der Waals surface area contributed by atoms with Crippen LogP contribution in [0, 0.1) is 17.8 Å². The van der Waals surface area contributed by atoms with Crippen LogP contribution in [-0.2, 0) is 19.4 Å². The molecule has 1 heterocycles. The number of rotatable bonds is 3. The molecule has 0 aromatic carbocycles. The fourth-order valence-electron chi connectivity index (χ4n) is 2.39. The van der Waals surface area contributed by atoms with Gasteiger partial charge >= 0.3 is 0 Å². The van der Waals surface area contributed by atoms with E-state index in [0.717, 1.165) is 18.4 Å². The molecule has 1 unspecified atom stereocenters. The van der Waals surface area contributed by atoms with Crippen LogP contribution in [0.1, 0.15) is 39.0 Å². The topological polar surface area (TPSA) is 17.8 Å². The lowest BCUT2D eigenvalue weighted by Gasteiger charge is -2.13. The van der Waals surface area contributed by atoms with Gasteiger partial charge in [0.1, 0.15) is 0 Å². The van der Waals surface area contributed by atoms with Crippen LogP contribution in [0.5, 0.6) is 0 Å². The van der Waals surface area contributed by atoms with Gasteiger partial charge in [-0.05, 0) is 36.2 Å². The van der Waals surface area contributed by atoms with Gasteiger partial charge in [-0.2, -0.15) is 5.10 Å². The van der Waals surface area contributed by atoms with Gasteiger partial charge in [0.05, 0.1) is 5.69 Å². The Balaban J connectivity index is 2.06. The molecule has 1 aliphatic carbocycles. The first-order valence-electron chi connectivity index (χ1n) is 6.11. The highest BCUT2D eigenvalue weighted by molar-refractivity contribution is 5.24. The summed E-state index contributed by atoms with van der Waals surface area (Å²) in [5.41, 5.74) is 2.85. The maximum atomic E-state index is 4.68. The molecular weight excluding hydrogens is 184 g/mol. The Morgan fingerprint density at radius 3 is 2.60 bits per heavy atom. The molecule has 1 aromatic rings. The molecule has 84 valence electrons. The van der Waals surface area contributed by atoms with Crippen LogP contribution < -0.4 is 0 Å². The summed E-state index contributed by atoms with van der Waals surface area (Å²) >= 11 is 0. The van der Waals surface area contributed by atoms with Crippen molar-refractivity contribution in [2.45, 2.75) is 47.1 Å². The van der Waals surface area contributed by atoms with Gasteiger partial charge < -0.3 is 0 Å². The van der Waals surface area contributed by atoms with Gasteiger partial charge in [-0.25, -0.2) is 0 Å². The fraction of sp³-hybridized carbons (Fsp3) is 0.769. The molecule has 15 heavy (non-hydrogen) atoms. The van der Waals surface area contributed by atoms with Gasteiger partial charge in [-0.1, -0.05) is 27.7 Å². The van der Waals surface area contributed by atoms with E-state index >= 15 is 0 Å². The minimum atomic E-state index is 0.686. The Labute approximate surface area is 92.7 Å². The number of hydrogen-bond donors (Lipinski definition) is 0. The van der Waals surface area contributed by atoms with Crippen molar-refractivity contribution in [2.75, 3.05) is 0 Å². The molecule has 2 nitrogen and oxygen atoms in total. The van der Waals surface area contributed by atoms with Crippen LogP contribution in [-0.4, -0.2) is 9.78 Å². The van der Waals surface area contributed by atoms with E-state index in [1.165, 1.54) is 24.1 Å². The lowest BCUT2D eigenvalue weighted by Crippen LogP contribution is -2.11. The first-order valence-corrected chi connectivity index (χ1v) is 6.11. The van der Waals surface area contributed by atoms with Crippen LogP contribution >= 0.6 is 0 Å². The van der Waals surface area contributed by atoms with E-state index in [0.29, 0.717) is 5.92 Å². The summed E-state index contributed by atoms with van der Waals surface area (Å²) in [6.07, 6.45) is 4.70. The average molecular weight is 206 g/mol. The van der Waals surface area contributed by atoms with Gasteiger partial charge in [0.2, 0.25) is 0 Å². The van der Waals surface area contributed by atoms with Crippen LogP contribution in [0.15, 0.2) is 6.20 Å². The number of fused-ring (bicyclic) bond motifs is 1. The van der Waals surface area contributed by atoms with Crippen molar-refractivity contribution in [1.82, 2.24) is 9.78 Å². The van der Waals surface area contributed by atoms with Crippen molar-refractivity contribution in [3.05, 3.63) is 17.5 Å². The molecule has 1 atom stereocenters. The monoisotopic (exact) mass is 206 g/mol. The van der Waals surface area contributed by atoms with Crippen molar-refractivity contribution in [3.63, 3.8) is 0 Å². The molecule has 2 heteroatoms. The number of hydrogen-bond acceptors (Lipinski definition) is 1. The third-order valence-electron chi connectivity index (χ3n) is 3.36. The second-order valence-corrected chi connectivity index (χ2v) is 5.63. The molecule has 0 saturated heterocycles. The van der Waals surface area contributed by atoms with Crippen molar-refractivity contribution in [2.24, 2.45) is 17.8 Å². The summed E-state index contributed by atoms with van der Waals surface area (Å²) < 4.78 is 2.13. The predicted molar refractivity (Wildman–Crippen MR) is 62.8 cm³/mol. The second-order valence-electron chi connectivity index (χ2n) is 5.63. The molecule has 0 fully saturated rings. The molecule has 1 aliphatic rings. The first-order chi connectivity index (χ1) is 7.06. The lowest BCUT2D eigenvalue weighted by atomic mass is 9.93. The molecule has 0 amide bonds. The normalized spacial score (nSPS) is 20.3. The average Bonchev–Trinajstić information content (AvgIpc) is 2.58. The second kappa shape index (κ2) is 3.99. The molecule has 0 spiro atoms. The molecular formula is C13H22N2. The molecule has 0 radical (unpaired) electrons. The fourth-order valence-corrected chi connectivity index (χ4v) is 2.39. The van der Waals surface area contributed by atoms with E-state index in [-0.39, 0.29) is 0 Å². The summed E-state index contributed by atoms with van der Waals surface area (Å²) in [7, 11) is 0. The number of nitrogens with zero attached hydrogens (tertiary/aromatic N) is 2. The van der Waals surface area contributed by atoms with E-state index in [4.69, 9.17) is 0 Å². The predicted octanol–water partition coefficient (Wildman–Crippen LogP) is 2.91. The highest BCUT2D eigenvalue weighted by Gasteiger charge is 2.26. The van der Waals surface area contributed by atoms with Crippen molar-refractivity contribution in [3.8, 4) is 0 Å². The molecule has 0 aliphatic heterocycles. The zero-order valence-corrected chi connectivity index (χ0v) is 10.3.